The normalized spacial score (nSPS) is 16.8. The molecule has 1 atom stereocenters. The van der Waals surface area contributed by atoms with Gasteiger partial charge in [-0.25, -0.2) is 4.39 Å². The van der Waals surface area contributed by atoms with Crippen LogP contribution in [0.2, 0.25) is 0 Å². The second-order valence-corrected chi connectivity index (χ2v) is 5.31. The lowest BCUT2D eigenvalue weighted by molar-refractivity contribution is -0.134. The highest BCUT2D eigenvalue weighted by atomic mass is 19.1. The third kappa shape index (κ3) is 2.72. The van der Waals surface area contributed by atoms with E-state index in [4.69, 9.17) is 4.42 Å². The lowest BCUT2D eigenvalue weighted by Crippen LogP contribution is -2.36. The number of likely N-dealkylation sites (N-methyl/N-ethyl adjacent to an activating group) is 1. The van der Waals surface area contributed by atoms with E-state index in [9.17, 15) is 14.0 Å². The van der Waals surface area contributed by atoms with Gasteiger partial charge < -0.3 is 14.6 Å². The van der Waals surface area contributed by atoms with Crippen molar-refractivity contribution >= 4 is 17.5 Å². The summed E-state index contributed by atoms with van der Waals surface area (Å²) in [7, 11) is 1.65. The summed E-state index contributed by atoms with van der Waals surface area (Å²) in [5, 5.41) is 2.60. The molecule has 0 spiro atoms. The molecule has 2 aromatic rings. The molecule has 1 unspecified atom stereocenters. The standard InChI is InChI=1S/C16H15FN2O3/c1-19(9-11-3-2-6-22-11)16(21)13-8-15(20)18-14-7-10(17)4-5-12(13)14/h2-7,13H,8-9H2,1H3,(H,18,20). The zero-order valence-corrected chi connectivity index (χ0v) is 12.0. The summed E-state index contributed by atoms with van der Waals surface area (Å²) in [6.45, 7) is 0.320. The first-order valence-corrected chi connectivity index (χ1v) is 6.91. The van der Waals surface area contributed by atoms with E-state index < -0.39 is 11.7 Å². The van der Waals surface area contributed by atoms with Crippen LogP contribution in [0.15, 0.2) is 41.0 Å². The number of halogens is 1. The summed E-state index contributed by atoms with van der Waals surface area (Å²) in [4.78, 5) is 25.9. The summed E-state index contributed by atoms with van der Waals surface area (Å²) in [5.74, 6) is -0.877. The molecule has 1 aromatic carbocycles. The van der Waals surface area contributed by atoms with Crippen LogP contribution >= 0.6 is 0 Å². The first-order valence-electron chi connectivity index (χ1n) is 6.91. The Hall–Kier alpha value is -2.63. The lowest BCUT2D eigenvalue weighted by Gasteiger charge is -2.28. The summed E-state index contributed by atoms with van der Waals surface area (Å²) in [5.41, 5.74) is 0.998. The number of nitrogens with zero attached hydrogens (tertiary/aromatic N) is 1. The van der Waals surface area contributed by atoms with E-state index in [1.807, 2.05) is 0 Å². The van der Waals surface area contributed by atoms with Crippen LogP contribution in [0.4, 0.5) is 10.1 Å². The third-order valence-electron chi connectivity index (χ3n) is 3.70. The first-order chi connectivity index (χ1) is 10.5. The fraction of sp³-hybridized carbons (Fsp3) is 0.250. The Bertz CT molecular complexity index is 712. The zero-order chi connectivity index (χ0) is 15.7. The van der Waals surface area contributed by atoms with Crippen molar-refractivity contribution in [1.82, 2.24) is 4.90 Å². The van der Waals surface area contributed by atoms with Crippen LogP contribution in [-0.2, 0) is 16.1 Å². The quantitative estimate of drug-likeness (QED) is 0.947. The molecule has 1 aliphatic rings. The van der Waals surface area contributed by atoms with E-state index in [0.717, 1.165) is 0 Å². The van der Waals surface area contributed by atoms with Crippen molar-refractivity contribution in [1.29, 1.82) is 0 Å². The molecule has 1 aliphatic heterocycles. The number of hydrogen-bond acceptors (Lipinski definition) is 3. The fourth-order valence-electron chi connectivity index (χ4n) is 2.64. The molecule has 0 fully saturated rings. The number of benzene rings is 1. The SMILES string of the molecule is CN(Cc1ccco1)C(=O)C1CC(=O)Nc2cc(F)ccc21. The summed E-state index contributed by atoms with van der Waals surface area (Å²) in [6, 6.07) is 7.61. The van der Waals surface area contributed by atoms with Gasteiger partial charge in [0.05, 0.1) is 18.7 Å². The van der Waals surface area contributed by atoms with Crippen molar-refractivity contribution in [2.45, 2.75) is 18.9 Å². The number of nitrogens with one attached hydrogen (secondary N) is 1. The molecule has 0 radical (unpaired) electrons. The maximum Gasteiger partial charge on any atom is 0.230 e. The van der Waals surface area contributed by atoms with Gasteiger partial charge in [-0.3, -0.25) is 9.59 Å². The monoisotopic (exact) mass is 302 g/mol. The number of carbonyl (C=O) groups is 2. The second-order valence-electron chi connectivity index (χ2n) is 5.31. The van der Waals surface area contributed by atoms with Crippen molar-refractivity contribution in [3.63, 3.8) is 0 Å². The number of fused-ring (bicyclic) bond motifs is 1. The average Bonchev–Trinajstić information content (AvgIpc) is 2.98. The average molecular weight is 302 g/mol. The van der Waals surface area contributed by atoms with Crippen LogP contribution in [0.3, 0.4) is 0 Å². The Morgan fingerprint density at radius 2 is 2.27 bits per heavy atom. The predicted molar refractivity (Wildman–Crippen MR) is 77.6 cm³/mol. The van der Waals surface area contributed by atoms with Crippen LogP contribution < -0.4 is 5.32 Å². The van der Waals surface area contributed by atoms with E-state index in [-0.39, 0.29) is 18.2 Å². The minimum Gasteiger partial charge on any atom is -0.467 e. The molecule has 5 nitrogen and oxygen atoms in total. The highest BCUT2D eigenvalue weighted by molar-refractivity contribution is 6.01. The minimum absolute atomic E-state index is 0.0555. The van der Waals surface area contributed by atoms with E-state index in [1.165, 1.54) is 17.0 Å². The summed E-state index contributed by atoms with van der Waals surface area (Å²) in [6.07, 6.45) is 1.60. The molecule has 3 rings (SSSR count). The van der Waals surface area contributed by atoms with Gasteiger partial charge in [0.1, 0.15) is 11.6 Å². The number of anilines is 1. The van der Waals surface area contributed by atoms with Gasteiger partial charge in [0.25, 0.3) is 0 Å². The molecule has 0 bridgehead atoms. The molecule has 1 N–H and O–H groups in total. The van der Waals surface area contributed by atoms with Crippen LogP contribution in [0, 0.1) is 5.82 Å². The zero-order valence-electron chi connectivity index (χ0n) is 12.0. The van der Waals surface area contributed by atoms with Gasteiger partial charge in [-0.1, -0.05) is 6.07 Å². The fourth-order valence-corrected chi connectivity index (χ4v) is 2.64. The number of rotatable bonds is 3. The Balaban J connectivity index is 1.85. The van der Waals surface area contributed by atoms with E-state index in [1.54, 1.807) is 31.5 Å². The predicted octanol–water partition coefficient (Wildman–Crippen LogP) is 2.50. The van der Waals surface area contributed by atoms with Gasteiger partial charge in [0, 0.05) is 19.2 Å². The molecular weight excluding hydrogens is 287 g/mol. The van der Waals surface area contributed by atoms with Gasteiger partial charge in [-0.2, -0.15) is 0 Å². The van der Waals surface area contributed by atoms with Crippen molar-refractivity contribution in [3.05, 3.63) is 53.7 Å². The third-order valence-corrected chi connectivity index (χ3v) is 3.70. The molecule has 0 saturated heterocycles. The summed E-state index contributed by atoms with van der Waals surface area (Å²) >= 11 is 0. The van der Waals surface area contributed by atoms with E-state index in [0.29, 0.717) is 23.6 Å². The molecule has 6 heteroatoms. The van der Waals surface area contributed by atoms with Crippen molar-refractivity contribution < 1.29 is 18.4 Å². The molecular formula is C16H15FN2O3. The minimum atomic E-state index is -0.607. The van der Waals surface area contributed by atoms with Crippen LogP contribution in [0.1, 0.15) is 23.7 Å². The van der Waals surface area contributed by atoms with Crippen molar-refractivity contribution in [2.75, 3.05) is 12.4 Å². The molecule has 22 heavy (non-hydrogen) atoms. The lowest BCUT2D eigenvalue weighted by atomic mass is 9.89. The molecule has 2 amide bonds. The van der Waals surface area contributed by atoms with Crippen molar-refractivity contribution in [3.8, 4) is 0 Å². The molecule has 0 saturated carbocycles. The van der Waals surface area contributed by atoms with Crippen LogP contribution in [0.25, 0.3) is 0 Å². The Kier molecular flexibility index (Phi) is 3.66. The molecule has 0 aliphatic carbocycles. The van der Waals surface area contributed by atoms with E-state index >= 15 is 0 Å². The maximum atomic E-state index is 13.3. The van der Waals surface area contributed by atoms with E-state index in [2.05, 4.69) is 5.32 Å². The number of amides is 2. The van der Waals surface area contributed by atoms with Crippen molar-refractivity contribution in [2.24, 2.45) is 0 Å². The molecule has 2 heterocycles. The van der Waals surface area contributed by atoms with Gasteiger partial charge in [0.2, 0.25) is 11.8 Å². The Morgan fingerprint density at radius 3 is 3.00 bits per heavy atom. The number of hydrogen-bond donors (Lipinski definition) is 1. The van der Waals surface area contributed by atoms with Crippen LogP contribution in [-0.4, -0.2) is 23.8 Å². The smallest absolute Gasteiger partial charge is 0.230 e. The molecule has 1 aromatic heterocycles. The molecule has 114 valence electrons. The van der Waals surface area contributed by atoms with Gasteiger partial charge >= 0.3 is 0 Å². The van der Waals surface area contributed by atoms with Gasteiger partial charge in [-0.15, -0.1) is 0 Å². The highest BCUT2D eigenvalue weighted by Crippen LogP contribution is 2.34. The summed E-state index contributed by atoms with van der Waals surface area (Å²) < 4.78 is 18.5. The Morgan fingerprint density at radius 1 is 1.45 bits per heavy atom. The highest BCUT2D eigenvalue weighted by Gasteiger charge is 2.32. The maximum absolute atomic E-state index is 13.3. The second kappa shape index (κ2) is 5.63. The van der Waals surface area contributed by atoms with Gasteiger partial charge in [-0.05, 0) is 29.8 Å². The Labute approximate surface area is 126 Å². The van der Waals surface area contributed by atoms with Crippen LogP contribution in [0.5, 0.6) is 0 Å². The number of furan rings is 1. The number of carbonyl (C=O) groups excluding carboxylic acids is 2. The first kappa shape index (κ1) is 14.3. The topological polar surface area (TPSA) is 62.6 Å². The van der Waals surface area contributed by atoms with Gasteiger partial charge in [0.15, 0.2) is 0 Å². The largest absolute Gasteiger partial charge is 0.467 e.